The highest BCUT2D eigenvalue weighted by Gasteiger charge is 2.12. The third kappa shape index (κ3) is 5.35. The molecule has 3 nitrogen and oxygen atoms in total. The highest BCUT2D eigenvalue weighted by atomic mass is 15.0. The van der Waals surface area contributed by atoms with Gasteiger partial charge in [-0.05, 0) is 37.3 Å². The molecule has 0 aromatic carbocycles. The van der Waals surface area contributed by atoms with Gasteiger partial charge in [-0.3, -0.25) is 0 Å². The Labute approximate surface area is 104 Å². The van der Waals surface area contributed by atoms with Crippen molar-refractivity contribution in [3.8, 4) is 6.07 Å². The number of aromatic nitrogens is 1. The summed E-state index contributed by atoms with van der Waals surface area (Å²) < 4.78 is 0. The van der Waals surface area contributed by atoms with Crippen molar-refractivity contribution in [3.05, 3.63) is 23.9 Å². The Morgan fingerprint density at radius 3 is 2.59 bits per heavy atom. The second-order valence-electron chi connectivity index (χ2n) is 5.69. The number of rotatable bonds is 4. The Bertz CT molecular complexity index is 381. The van der Waals surface area contributed by atoms with Gasteiger partial charge in [-0.1, -0.05) is 20.8 Å². The number of pyridine rings is 1. The van der Waals surface area contributed by atoms with Crippen LogP contribution in [0.5, 0.6) is 0 Å². The predicted molar refractivity (Wildman–Crippen MR) is 70.7 cm³/mol. The molecule has 0 aliphatic rings. The SMILES string of the molecule is CC(CCC(C)(C)C)Nc1ccc(C#N)cn1. The van der Waals surface area contributed by atoms with Crippen molar-refractivity contribution in [2.75, 3.05) is 5.32 Å². The lowest BCUT2D eigenvalue weighted by atomic mass is 9.89. The molecule has 1 aromatic heterocycles. The smallest absolute Gasteiger partial charge is 0.126 e. The number of anilines is 1. The first-order valence-electron chi connectivity index (χ1n) is 6.03. The van der Waals surface area contributed by atoms with Gasteiger partial charge in [0, 0.05) is 12.2 Å². The van der Waals surface area contributed by atoms with Gasteiger partial charge < -0.3 is 5.32 Å². The molecular weight excluding hydrogens is 210 g/mol. The molecule has 1 unspecified atom stereocenters. The lowest BCUT2D eigenvalue weighted by Crippen LogP contribution is -2.18. The first kappa shape index (κ1) is 13.5. The number of hydrogen-bond donors (Lipinski definition) is 1. The molecular formula is C14H21N3. The fraction of sp³-hybridized carbons (Fsp3) is 0.571. The maximum atomic E-state index is 8.67. The molecule has 0 aliphatic carbocycles. The molecule has 17 heavy (non-hydrogen) atoms. The zero-order valence-corrected chi connectivity index (χ0v) is 11.1. The first-order valence-corrected chi connectivity index (χ1v) is 6.03. The van der Waals surface area contributed by atoms with E-state index in [1.54, 1.807) is 12.3 Å². The molecule has 0 saturated carbocycles. The summed E-state index contributed by atoms with van der Waals surface area (Å²) in [4.78, 5) is 4.20. The summed E-state index contributed by atoms with van der Waals surface area (Å²) in [6, 6.07) is 6.10. The predicted octanol–water partition coefficient (Wildman–Crippen LogP) is 3.58. The van der Waals surface area contributed by atoms with E-state index in [0.29, 0.717) is 17.0 Å². The summed E-state index contributed by atoms with van der Waals surface area (Å²) in [6.07, 6.45) is 3.89. The molecule has 1 rings (SSSR count). The largest absolute Gasteiger partial charge is 0.368 e. The summed E-state index contributed by atoms with van der Waals surface area (Å²) in [5, 5.41) is 12.0. The van der Waals surface area contributed by atoms with Crippen molar-refractivity contribution in [2.24, 2.45) is 5.41 Å². The number of hydrogen-bond acceptors (Lipinski definition) is 3. The maximum Gasteiger partial charge on any atom is 0.126 e. The van der Waals surface area contributed by atoms with Crippen LogP contribution in [0.25, 0.3) is 0 Å². The summed E-state index contributed by atoms with van der Waals surface area (Å²) in [5.74, 6) is 0.838. The van der Waals surface area contributed by atoms with Gasteiger partial charge in [-0.25, -0.2) is 4.98 Å². The van der Waals surface area contributed by atoms with Crippen LogP contribution in [0.1, 0.15) is 46.1 Å². The highest BCUT2D eigenvalue weighted by Crippen LogP contribution is 2.22. The zero-order valence-electron chi connectivity index (χ0n) is 11.1. The second-order valence-corrected chi connectivity index (χ2v) is 5.69. The van der Waals surface area contributed by atoms with Crippen molar-refractivity contribution >= 4 is 5.82 Å². The topological polar surface area (TPSA) is 48.7 Å². The molecule has 92 valence electrons. The van der Waals surface area contributed by atoms with Gasteiger partial charge in [0.05, 0.1) is 5.56 Å². The van der Waals surface area contributed by atoms with Gasteiger partial charge in [0.2, 0.25) is 0 Å². The summed E-state index contributed by atoms with van der Waals surface area (Å²) >= 11 is 0. The number of nitrogens with one attached hydrogen (secondary N) is 1. The van der Waals surface area contributed by atoms with Crippen LogP contribution in [0.2, 0.25) is 0 Å². The fourth-order valence-electron chi connectivity index (χ4n) is 1.52. The molecule has 0 fully saturated rings. The van der Waals surface area contributed by atoms with Crippen molar-refractivity contribution in [2.45, 2.75) is 46.6 Å². The molecule has 0 bridgehead atoms. The van der Waals surface area contributed by atoms with E-state index in [-0.39, 0.29) is 0 Å². The minimum Gasteiger partial charge on any atom is -0.368 e. The average Bonchev–Trinajstić information content (AvgIpc) is 2.27. The Hall–Kier alpha value is -1.56. The van der Waals surface area contributed by atoms with E-state index in [9.17, 15) is 0 Å². The molecule has 0 aliphatic heterocycles. The van der Waals surface area contributed by atoms with Gasteiger partial charge in [0.1, 0.15) is 11.9 Å². The van der Waals surface area contributed by atoms with Crippen molar-refractivity contribution in [1.29, 1.82) is 5.26 Å². The van der Waals surface area contributed by atoms with Crippen LogP contribution >= 0.6 is 0 Å². The highest BCUT2D eigenvalue weighted by molar-refractivity contribution is 5.39. The van der Waals surface area contributed by atoms with Gasteiger partial charge in [0.15, 0.2) is 0 Å². The summed E-state index contributed by atoms with van der Waals surface area (Å²) in [7, 11) is 0. The Morgan fingerprint density at radius 2 is 2.12 bits per heavy atom. The van der Waals surface area contributed by atoms with Crippen LogP contribution in [0.15, 0.2) is 18.3 Å². The minimum atomic E-state index is 0.369. The Balaban J connectivity index is 2.45. The quantitative estimate of drug-likeness (QED) is 0.861. The molecule has 3 heteroatoms. The average molecular weight is 231 g/mol. The van der Waals surface area contributed by atoms with Gasteiger partial charge in [-0.2, -0.15) is 5.26 Å². The normalized spacial score (nSPS) is 12.9. The Morgan fingerprint density at radius 1 is 1.41 bits per heavy atom. The molecule has 1 aromatic rings. The van der Waals surface area contributed by atoms with Crippen LogP contribution in [-0.2, 0) is 0 Å². The van der Waals surface area contributed by atoms with Crippen LogP contribution in [0, 0.1) is 16.7 Å². The van der Waals surface area contributed by atoms with Gasteiger partial charge in [-0.15, -0.1) is 0 Å². The van der Waals surface area contributed by atoms with Gasteiger partial charge >= 0.3 is 0 Å². The lowest BCUT2D eigenvalue weighted by Gasteiger charge is -2.21. The molecule has 1 atom stereocenters. The molecule has 0 amide bonds. The van der Waals surface area contributed by atoms with E-state index in [2.05, 4.69) is 44.1 Å². The van der Waals surface area contributed by atoms with Crippen LogP contribution in [0.3, 0.4) is 0 Å². The third-order valence-corrected chi connectivity index (χ3v) is 2.61. The van der Waals surface area contributed by atoms with Crippen LogP contribution in [-0.4, -0.2) is 11.0 Å². The third-order valence-electron chi connectivity index (χ3n) is 2.61. The molecule has 0 radical (unpaired) electrons. The minimum absolute atomic E-state index is 0.369. The summed E-state index contributed by atoms with van der Waals surface area (Å²) in [5.41, 5.74) is 0.964. The van der Waals surface area contributed by atoms with E-state index in [1.807, 2.05) is 6.07 Å². The van der Waals surface area contributed by atoms with E-state index < -0.39 is 0 Å². The maximum absolute atomic E-state index is 8.67. The van der Waals surface area contributed by atoms with Crippen molar-refractivity contribution in [1.82, 2.24) is 4.98 Å². The zero-order chi connectivity index (χ0) is 12.9. The van der Waals surface area contributed by atoms with E-state index >= 15 is 0 Å². The van der Waals surface area contributed by atoms with Crippen molar-refractivity contribution in [3.63, 3.8) is 0 Å². The monoisotopic (exact) mass is 231 g/mol. The molecule has 0 saturated heterocycles. The molecule has 1 N–H and O–H groups in total. The Kier molecular flexibility index (Phi) is 4.51. The molecule has 1 heterocycles. The van der Waals surface area contributed by atoms with E-state index in [1.165, 1.54) is 6.42 Å². The standard InChI is InChI=1S/C14H21N3/c1-11(7-8-14(2,3)4)17-13-6-5-12(9-15)10-16-13/h5-6,10-11H,7-8H2,1-4H3,(H,16,17). The summed E-state index contributed by atoms with van der Waals surface area (Å²) in [6.45, 7) is 8.91. The fourth-order valence-corrected chi connectivity index (χ4v) is 1.52. The van der Waals surface area contributed by atoms with Crippen molar-refractivity contribution < 1.29 is 0 Å². The second kappa shape index (κ2) is 5.67. The van der Waals surface area contributed by atoms with E-state index in [0.717, 1.165) is 12.2 Å². The first-order chi connectivity index (χ1) is 7.90. The van der Waals surface area contributed by atoms with Crippen LogP contribution < -0.4 is 5.32 Å². The number of nitriles is 1. The van der Waals surface area contributed by atoms with E-state index in [4.69, 9.17) is 5.26 Å². The van der Waals surface area contributed by atoms with Gasteiger partial charge in [0.25, 0.3) is 0 Å². The molecule has 0 spiro atoms. The van der Waals surface area contributed by atoms with Crippen LogP contribution in [0.4, 0.5) is 5.82 Å². The number of nitrogens with zero attached hydrogens (tertiary/aromatic N) is 2. The lowest BCUT2D eigenvalue weighted by molar-refractivity contribution is 0.356.